The monoisotopic (exact) mass is 481 g/mol. The number of terminal acetylenes is 1. The highest BCUT2D eigenvalue weighted by atomic mass is 19.1. The molecule has 2 aliphatic heterocycles. The molecule has 2 aromatic heterocycles. The summed E-state index contributed by atoms with van der Waals surface area (Å²) in [6, 6.07) is 8.24. The number of hydrogen-bond acceptors (Lipinski definition) is 5. The molecule has 8 heteroatoms. The summed E-state index contributed by atoms with van der Waals surface area (Å²) in [6.07, 6.45) is 10.6. The van der Waals surface area contributed by atoms with Crippen molar-refractivity contribution in [1.29, 1.82) is 0 Å². The zero-order valence-corrected chi connectivity index (χ0v) is 19.4. The second-order valence-electron chi connectivity index (χ2n) is 9.08. The summed E-state index contributed by atoms with van der Waals surface area (Å²) in [7, 11) is 0. The van der Waals surface area contributed by atoms with Crippen molar-refractivity contribution in [2.75, 3.05) is 11.4 Å². The molecule has 4 heterocycles. The number of rotatable bonds is 3. The average Bonchev–Trinajstić information content (AvgIpc) is 3.28. The molecular formula is C28H21F2N5O. The Bertz CT molecular complexity index is 1630. The number of anilines is 1. The van der Waals surface area contributed by atoms with Gasteiger partial charge in [0, 0.05) is 23.7 Å². The van der Waals surface area contributed by atoms with Gasteiger partial charge in [0.05, 0.1) is 29.1 Å². The second kappa shape index (κ2) is 8.09. The van der Waals surface area contributed by atoms with Crippen molar-refractivity contribution in [2.45, 2.75) is 31.5 Å². The summed E-state index contributed by atoms with van der Waals surface area (Å²) in [4.78, 5) is 29.3. The first kappa shape index (κ1) is 22.1. The van der Waals surface area contributed by atoms with Gasteiger partial charge in [-0.05, 0) is 30.9 Å². The van der Waals surface area contributed by atoms with Gasteiger partial charge in [-0.25, -0.2) is 18.7 Å². The van der Waals surface area contributed by atoms with Gasteiger partial charge in [0.25, 0.3) is 0 Å². The van der Waals surface area contributed by atoms with Crippen molar-refractivity contribution < 1.29 is 13.6 Å². The van der Waals surface area contributed by atoms with Crippen molar-refractivity contribution in [3.05, 3.63) is 72.7 Å². The highest BCUT2D eigenvalue weighted by Gasteiger charge is 2.54. The molecule has 178 valence electrons. The predicted octanol–water partition coefficient (Wildman–Crippen LogP) is 4.47. The van der Waals surface area contributed by atoms with Crippen LogP contribution in [-0.4, -0.2) is 50.4 Å². The molecule has 6 rings (SSSR count). The van der Waals surface area contributed by atoms with E-state index >= 15 is 4.39 Å². The van der Waals surface area contributed by atoms with E-state index in [1.54, 1.807) is 30.5 Å². The molecule has 3 atom stereocenters. The molecule has 4 aromatic rings. The number of pyridine rings is 1. The van der Waals surface area contributed by atoms with Crippen LogP contribution in [0.3, 0.4) is 0 Å². The Morgan fingerprint density at radius 2 is 2.06 bits per heavy atom. The maximum Gasteiger partial charge on any atom is 0.246 e. The van der Waals surface area contributed by atoms with E-state index in [4.69, 9.17) is 6.42 Å². The van der Waals surface area contributed by atoms with Crippen LogP contribution < -0.4 is 4.90 Å². The van der Waals surface area contributed by atoms with Gasteiger partial charge < -0.3 is 9.80 Å². The third-order valence-electron chi connectivity index (χ3n) is 7.41. The zero-order chi connectivity index (χ0) is 25.1. The smallest absolute Gasteiger partial charge is 0.246 e. The molecule has 0 saturated carbocycles. The third-order valence-corrected chi connectivity index (χ3v) is 7.41. The van der Waals surface area contributed by atoms with E-state index in [1.165, 1.54) is 18.5 Å². The van der Waals surface area contributed by atoms with Crippen molar-refractivity contribution in [2.24, 2.45) is 0 Å². The van der Waals surface area contributed by atoms with Gasteiger partial charge in [-0.15, -0.1) is 6.42 Å². The molecule has 6 nitrogen and oxygen atoms in total. The van der Waals surface area contributed by atoms with Gasteiger partial charge in [0.2, 0.25) is 5.91 Å². The standard InChI is InChI=1S/C28H21F2N5O/c1-4-17-20(29)10-9-16-7-6-8-18(23(16)17)25-24(30)26-19(13-31-25)28(33-14-32-26)35-15(3)27-21(35)11-12-34(27)22(36)5-2/h1,5-10,13-15,21,27H,2,11-12H2,3H3/t15-,21+,27+/m0/s1. The lowest BCUT2D eigenvalue weighted by Crippen LogP contribution is -2.69. The highest BCUT2D eigenvalue weighted by molar-refractivity contribution is 6.02. The summed E-state index contributed by atoms with van der Waals surface area (Å²) >= 11 is 0. The fourth-order valence-electron chi connectivity index (χ4n) is 5.84. The highest BCUT2D eigenvalue weighted by Crippen LogP contribution is 2.43. The SMILES string of the molecule is C#Cc1c(F)ccc2cccc(-c3ncc4c(N5[C@@H]6CCN(C(=O)C=C)[C@@H]6[C@@H]5C)ncnc4c3F)c12. The van der Waals surface area contributed by atoms with E-state index < -0.39 is 11.6 Å². The minimum Gasteiger partial charge on any atom is -0.346 e. The van der Waals surface area contributed by atoms with Crippen LogP contribution >= 0.6 is 0 Å². The van der Waals surface area contributed by atoms with Crippen LogP contribution in [0.2, 0.25) is 0 Å². The molecule has 1 amide bonds. The van der Waals surface area contributed by atoms with E-state index in [-0.39, 0.29) is 40.8 Å². The fourth-order valence-corrected chi connectivity index (χ4v) is 5.84. The van der Waals surface area contributed by atoms with Gasteiger partial charge in [0.15, 0.2) is 5.82 Å². The van der Waals surface area contributed by atoms with Gasteiger partial charge in [-0.3, -0.25) is 9.78 Å². The minimum absolute atomic E-state index is 0.0125. The first-order valence-electron chi connectivity index (χ1n) is 11.6. The van der Waals surface area contributed by atoms with Crippen LogP contribution in [0, 0.1) is 24.0 Å². The first-order valence-corrected chi connectivity index (χ1v) is 11.6. The van der Waals surface area contributed by atoms with Crippen LogP contribution in [-0.2, 0) is 4.79 Å². The molecule has 2 aromatic carbocycles. The van der Waals surface area contributed by atoms with Crippen molar-refractivity contribution in [3.8, 4) is 23.6 Å². The Hall–Kier alpha value is -4.38. The van der Waals surface area contributed by atoms with Gasteiger partial charge in [-0.1, -0.05) is 36.8 Å². The number of likely N-dealkylation sites (tertiary alicyclic amines) is 1. The number of fused-ring (bicyclic) bond motifs is 3. The first-order chi connectivity index (χ1) is 17.5. The lowest BCUT2D eigenvalue weighted by molar-refractivity contribution is -0.128. The van der Waals surface area contributed by atoms with Gasteiger partial charge in [0.1, 0.15) is 29.2 Å². The van der Waals surface area contributed by atoms with Crippen molar-refractivity contribution >= 4 is 33.4 Å². The molecule has 36 heavy (non-hydrogen) atoms. The maximum absolute atomic E-state index is 16.0. The van der Waals surface area contributed by atoms with Crippen LogP contribution in [0.4, 0.5) is 14.6 Å². The number of carbonyl (C=O) groups is 1. The van der Waals surface area contributed by atoms with E-state index in [9.17, 15) is 9.18 Å². The number of aromatic nitrogens is 3. The molecule has 0 unspecified atom stereocenters. The van der Waals surface area contributed by atoms with Crippen LogP contribution in [0.25, 0.3) is 32.9 Å². The second-order valence-corrected chi connectivity index (χ2v) is 9.08. The van der Waals surface area contributed by atoms with E-state index in [0.717, 1.165) is 6.42 Å². The lowest BCUT2D eigenvalue weighted by Gasteiger charge is -2.53. The molecule has 0 radical (unpaired) electrons. The number of amides is 1. The minimum atomic E-state index is -0.629. The van der Waals surface area contributed by atoms with Crippen LogP contribution in [0.5, 0.6) is 0 Å². The average molecular weight is 482 g/mol. The maximum atomic E-state index is 16.0. The molecule has 0 N–H and O–H groups in total. The van der Waals surface area contributed by atoms with E-state index in [1.807, 2.05) is 11.8 Å². The van der Waals surface area contributed by atoms with Crippen molar-refractivity contribution in [3.63, 3.8) is 0 Å². The summed E-state index contributed by atoms with van der Waals surface area (Å²) in [6.45, 7) is 6.26. The Labute approximate surface area is 206 Å². The number of carbonyl (C=O) groups excluding carboxylic acids is 1. The quantitative estimate of drug-likeness (QED) is 0.319. The van der Waals surface area contributed by atoms with E-state index in [0.29, 0.717) is 34.1 Å². The summed E-state index contributed by atoms with van der Waals surface area (Å²) in [5.74, 6) is 1.70. The zero-order valence-electron chi connectivity index (χ0n) is 19.4. The number of hydrogen-bond donors (Lipinski definition) is 0. The van der Waals surface area contributed by atoms with E-state index in [2.05, 4.69) is 32.4 Å². The van der Waals surface area contributed by atoms with Crippen LogP contribution in [0.1, 0.15) is 18.9 Å². The van der Waals surface area contributed by atoms with Gasteiger partial charge >= 0.3 is 0 Å². The summed E-state index contributed by atoms with van der Waals surface area (Å²) < 4.78 is 30.5. The molecular weight excluding hydrogens is 460 g/mol. The molecule has 2 aliphatic rings. The number of nitrogens with zero attached hydrogens (tertiary/aromatic N) is 5. The molecule has 0 aliphatic carbocycles. The molecule has 0 bridgehead atoms. The Kier molecular flexibility index (Phi) is 4.97. The summed E-state index contributed by atoms with van der Waals surface area (Å²) in [5, 5.41) is 1.59. The predicted molar refractivity (Wildman–Crippen MR) is 134 cm³/mol. The normalized spacial score (nSPS) is 20.8. The molecule has 2 fully saturated rings. The third kappa shape index (κ3) is 2.95. The Morgan fingerprint density at radius 1 is 1.22 bits per heavy atom. The van der Waals surface area contributed by atoms with Crippen molar-refractivity contribution in [1.82, 2.24) is 19.9 Å². The largest absolute Gasteiger partial charge is 0.346 e. The van der Waals surface area contributed by atoms with Gasteiger partial charge in [-0.2, -0.15) is 0 Å². The fraction of sp³-hybridized carbons (Fsp3) is 0.214. The topological polar surface area (TPSA) is 62.2 Å². The lowest BCUT2D eigenvalue weighted by atomic mass is 9.87. The number of halogens is 2. The van der Waals surface area contributed by atoms with Crippen LogP contribution in [0.15, 0.2) is 55.5 Å². The Morgan fingerprint density at radius 3 is 2.83 bits per heavy atom. The molecule has 2 saturated heterocycles. The number of benzene rings is 2. The molecule has 0 spiro atoms. The Balaban J connectivity index is 1.47. The summed E-state index contributed by atoms with van der Waals surface area (Å²) in [5.41, 5.74) is 0.616.